The first-order valence-electron chi connectivity index (χ1n) is 8.11. The van der Waals surface area contributed by atoms with Crippen molar-refractivity contribution in [1.29, 1.82) is 0 Å². The van der Waals surface area contributed by atoms with Gasteiger partial charge in [-0.05, 0) is 62.3 Å². The van der Waals surface area contributed by atoms with Gasteiger partial charge in [-0.3, -0.25) is 0 Å². The third kappa shape index (κ3) is 3.13. The smallest absolute Gasteiger partial charge is 0.410 e. The molecule has 1 heterocycles. The Hall–Kier alpha value is -0.580. The first-order chi connectivity index (χ1) is 11.2. The largest absolute Gasteiger partial charge is 0.444 e. The number of piperidine rings is 1. The van der Waals surface area contributed by atoms with E-state index >= 15 is 0 Å². The van der Waals surface area contributed by atoms with Crippen molar-refractivity contribution in [3.63, 3.8) is 0 Å². The zero-order valence-corrected chi connectivity index (χ0v) is 16.8. The van der Waals surface area contributed by atoms with Gasteiger partial charge in [0.25, 0.3) is 0 Å². The molecular weight excluding hydrogens is 365 g/mol. The van der Waals surface area contributed by atoms with Crippen LogP contribution in [-0.4, -0.2) is 41.7 Å². The fourth-order valence-corrected chi connectivity index (χ4v) is 5.15. The fraction of sp³-hybridized carbons (Fsp3) is 0.611. The van der Waals surface area contributed by atoms with Crippen LogP contribution in [0.5, 0.6) is 0 Å². The second kappa shape index (κ2) is 6.30. The average Bonchev–Trinajstić information content (AvgIpc) is 2.89. The van der Waals surface area contributed by atoms with Crippen LogP contribution in [0.1, 0.15) is 26.3 Å². The van der Waals surface area contributed by atoms with Crippen LogP contribution in [0.3, 0.4) is 0 Å². The van der Waals surface area contributed by atoms with E-state index in [-0.39, 0.29) is 11.5 Å². The highest BCUT2D eigenvalue weighted by Gasteiger charge is 2.70. The molecule has 0 aromatic heterocycles. The third-order valence-corrected chi connectivity index (χ3v) is 6.46. The van der Waals surface area contributed by atoms with E-state index in [1.54, 1.807) is 0 Å². The molecule has 1 amide bonds. The van der Waals surface area contributed by atoms with E-state index in [4.69, 9.17) is 27.9 Å². The molecule has 1 aliphatic carbocycles. The van der Waals surface area contributed by atoms with E-state index in [0.717, 1.165) is 12.3 Å². The van der Waals surface area contributed by atoms with Crippen LogP contribution < -0.4 is 0 Å². The lowest BCUT2D eigenvalue weighted by molar-refractivity contribution is 0.0263. The van der Waals surface area contributed by atoms with Gasteiger partial charge in [-0.25, -0.2) is 4.79 Å². The van der Waals surface area contributed by atoms with Crippen LogP contribution in [0.2, 0.25) is 10.0 Å². The lowest BCUT2D eigenvalue weighted by atomic mass is 9.93. The Labute approximate surface area is 158 Å². The number of benzene rings is 1. The monoisotopic (exact) mass is 387 g/mol. The van der Waals surface area contributed by atoms with Crippen molar-refractivity contribution in [2.75, 3.05) is 25.1 Å². The maximum absolute atomic E-state index is 12.4. The van der Waals surface area contributed by atoms with Crippen molar-refractivity contribution < 1.29 is 9.53 Å². The highest BCUT2D eigenvalue weighted by Crippen LogP contribution is 2.65. The van der Waals surface area contributed by atoms with E-state index in [0.29, 0.717) is 28.4 Å². The van der Waals surface area contributed by atoms with Crippen molar-refractivity contribution in [3.05, 3.63) is 33.8 Å². The second-order valence-corrected chi connectivity index (χ2v) is 9.42. The number of ether oxygens (including phenoxy) is 1. The van der Waals surface area contributed by atoms with Gasteiger partial charge in [0, 0.05) is 18.5 Å². The predicted octanol–water partition coefficient (Wildman–Crippen LogP) is 5.09. The van der Waals surface area contributed by atoms with Gasteiger partial charge in [0.05, 0.1) is 10.0 Å². The molecule has 0 radical (unpaired) electrons. The maximum Gasteiger partial charge on any atom is 0.410 e. The van der Waals surface area contributed by atoms with Gasteiger partial charge in [-0.2, -0.15) is 11.8 Å². The van der Waals surface area contributed by atoms with Gasteiger partial charge in [0.2, 0.25) is 0 Å². The SMILES string of the molecule is CSC[C@H]1[C@@H]2CN(C(=O)OC(C)(C)C)C[C@]12c1ccc(Cl)c(Cl)c1. The standard InChI is InChI=1S/C18H23Cl2NO2S/c1-17(2,3)23-16(22)21-8-12-13(9-24-4)18(12,10-21)11-5-6-14(19)15(20)7-11/h5-7,12-13H,8-10H2,1-4H3/t12-,13-,18+/m0/s1. The van der Waals surface area contributed by atoms with Crippen LogP contribution in [0.4, 0.5) is 4.79 Å². The molecule has 0 bridgehead atoms. The molecule has 0 unspecified atom stereocenters. The summed E-state index contributed by atoms with van der Waals surface area (Å²) in [7, 11) is 0. The minimum atomic E-state index is -0.473. The van der Waals surface area contributed by atoms with Crippen LogP contribution in [-0.2, 0) is 10.2 Å². The third-order valence-electron chi connectivity index (χ3n) is 5.02. The molecule has 6 heteroatoms. The summed E-state index contributed by atoms with van der Waals surface area (Å²) in [5.41, 5.74) is 0.708. The topological polar surface area (TPSA) is 29.5 Å². The molecule has 3 nitrogen and oxygen atoms in total. The first kappa shape index (κ1) is 18.2. The zero-order valence-electron chi connectivity index (χ0n) is 14.4. The van der Waals surface area contributed by atoms with Crippen LogP contribution in [0, 0.1) is 11.8 Å². The van der Waals surface area contributed by atoms with Crippen LogP contribution in [0.15, 0.2) is 18.2 Å². The summed E-state index contributed by atoms with van der Waals surface area (Å²) < 4.78 is 5.54. The summed E-state index contributed by atoms with van der Waals surface area (Å²) in [5.74, 6) is 2.13. The van der Waals surface area contributed by atoms with Crippen LogP contribution in [0.25, 0.3) is 0 Å². The Bertz CT molecular complexity index is 661. The minimum Gasteiger partial charge on any atom is -0.444 e. The summed E-state index contributed by atoms with van der Waals surface area (Å²) in [6, 6.07) is 5.88. The quantitative estimate of drug-likeness (QED) is 0.722. The lowest BCUT2D eigenvalue weighted by Crippen LogP contribution is -2.39. The van der Waals surface area contributed by atoms with E-state index < -0.39 is 5.60 Å². The number of amides is 1. The summed E-state index contributed by atoms with van der Waals surface area (Å²) >= 11 is 14.2. The molecule has 132 valence electrons. The number of halogens is 2. The molecule has 24 heavy (non-hydrogen) atoms. The number of carbonyl (C=O) groups is 1. The predicted molar refractivity (Wildman–Crippen MR) is 101 cm³/mol. The normalized spacial score (nSPS) is 28.7. The van der Waals surface area contributed by atoms with Gasteiger partial charge in [0.15, 0.2) is 0 Å². The molecule has 0 N–H and O–H groups in total. The summed E-state index contributed by atoms with van der Waals surface area (Å²) in [5, 5.41) is 1.14. The number of hydrogen-bond donors (Lipinski definition) is 0. The van der Waals surface area contributed by atoms with E-state index in [9.17, 15) is 4.79 Å². The molecule has 2 fully saturated rings. The molecule has 1 aromatic rings. The Balaban J connectivity index is 1.84. The molecule has 1 aromatic carbocycles. The number of likely N-dealkylation sites (tertiary alicyclic amines) is 1. The molecule has 2 aliphatic rings. The molecule has 3 atom stereocenters. The number of carbonyl (C=O) groups excluding carboxylic acids is 1. The lowest BCUT2D eigenvalue weighted by Gasteiger charge is -2.28. The summed E-state index contributed by atoms with van der Waals surface area (Å²) in [6.07, 6.45) is 1.90. The number of nitrogens with zero attached hydrogens (tertiary/aromatic N) is 1. The van der Waals surface area contributed by atoms with Gasteiger partial charge < -0.3 is 9.64 Å². The van der Waals surface area contributed by atoms with Gasteiger partial charge in [-0.15, -0.1) is 0 Å². The summed E-state index contributed by atoms with van der Waals surface area (Å²) in [4.78, 5) is 14.3. The van der Waals surface area contributed by atoms with E-state index in [2.05, 4.69) is 12.3 Å². The molecule has 1 aliphatic heterocycles. The Kier molecular flexibility index (Phi) is 4.78. The Morgan fingerprint density at radius 1 is 1.38 bits per heavy atom. The first-order valence-corrected chi connectivity index (χ1v) is 10.3. The van der Waals surface area contributed by atoms with E-state index in [1.807, 2.05) is 49.6 Å². The Morgan fingerprint density at radius 2 is 2.08 bits per heavy atom. The van der Waals surface area contributed by atoms with Gasteiger partial charge in [-0.1, -0.05) is 29.3 Å². The fourth-order valence-electron chi connectivity index (χ4n) is 3.96. The van der Waals surface area contributed by atoms with Gasteiger partial charge in [0.1, 0.15) is 5.60 Å². The Morgan fingerprint density at radius 3 is 2.67 bits per heavy atom. The number of hydrogen-bond acceptors (Lipinski definition) is 3. The highest BCUT2D eigenvalue weighted by atomic mass is 35.5. The molecule has 0 spiro atoms. The summed E-state index contributed by atoms with van der Waals surface area (Å²) in [6.45, 7) is 7.13. The van der Waals surface area contributed by atoms with Crippen LogP contribution >= 0.6 is 35.0 Å². The maximum atomic E-state index is 12.4. The minimum absolute atomic E-state index is 0.00581. The van der Waals surface area contributed by atoms with Crippen molar-refractivity contribution in [3.8, 4) is 0 Å². The molecule has 1 saturated heterocycles. The molecule has 1 saturated carbocycles. The van der Waals surface area contributed by atoms with E-state index in [1.165, 1.54) is 5.56 Å². The second-order valence-electron chi connectivity index (χ2n) is 7.70. The molecule has 3 rings (SSSR count). The number of fused-ring (bicyclic) bond motifs is 1. The molecular formula is C18H23Cl2NO2S. The number of thioether (sulfide) groups is 1. The number of rotatable bonds is 3. The van der Waals surface area contributed by atoms with Gasteiger partial charge >= 0.3 is 6.09 Å². The van der Waals surface area contributed by atoms with Crippen molar-refractivity contribution in [1.82, 2.24) is 4.90 Å². The highest BCUT2D eigenvalue weighted by molar-refractivity contribution is 7.98. The van der Waals surface area contributed by atoms with Crippen molar-refractivity contribution in [2.24, 2.45) is 11.8 Å². The van der Waals surface area contributed by atoms with Crippen molar-refractivity contribution >= 4 is 41.1 Å². The van der Waals surface area contributed by atoms with Crippen molar-refractivity contribution in [2.45, 2.75) is 31.8 Å². The zero-order chi connectivity index (χ0) is 17.7. The average molecular weight is 388 g/mol.